The summed E-state index contributed by atoms with van der Waals surface area (Å²) in [5.74, 6) is 1.42. The predicted molar refractivity (Wildman–Crippen MR) is 51.1 cm³/mol. The van der Waals surface area contributed by atoms with Gasteiger partial charge in [-0.05, 0) is 18.1 Å². The van der Waals surface area contributed by atoms with Crippen LogP contribution in [0.25, 0.3) is 0 Å². The first-order valence-corrected chi connectivity index (χ1v) is 4.89. The topological polar surface area (TPSA) is 43.0 Å². The van der Waals surface area contributed by atoms with Crippen molar-refractivity contribution in [2.75, 3.05) is 6.54 Å². The van der Waals surface area contributed by atoms with E-state index in [1.54, 1.807) is 0 Å². The number of rotatable bonds is 1. The van der Waals surface area contributed by atoms with E-state index in [9.17, 15) is 0 Å². The highest BCUT2D eigenvalue weighted by Crippen LogP contribution is 2.50. The first-order valence-electron chi connectivity index (χ1n) is 4.89. The second-order valence-electron chi connectivity index (χ2n) is 4.25. The minimum Gasteiger partial charge on any atom is -0.353 e. The molecule has 3 nitrogen and oxygen atoms in total. The van der Waals surface area contributed by atoms with Crippen LogP contribution in [0, 0.1) is 11.8 Å². The van der Waals surface area contributed by atoms with Crippen LogP contribution in [0.2, 0.25) is 0 Å². The van der Waals surface area contributed by atoms with E-state index >= 15 is 0 Å². The summed E-state index contributed by atoms with van der Waals surface area (Å²) in [6, 6.07) is 5.23. The van der Waals surface area contributed by atoms with Crippen molar-refractivity contribution in [1.82, 2.24) is 9.88 Å². The predicted octanol–water partition coefficient (Wildman–Crippen LogP) is 0.243. The van der Waals surface area contributed by atoms with E-state index in [1.165, 1.54) is 5.69 Å². The largest absolute Gasteiger partial charge is 0.353 e. The lowest BCUT2D eigenvalue weighted by Crippen LogP contribution is -2.26. The van der Waals surface area contributed by atoms with Crippen LogP contribution >= 0.6 is 0 Å². The Kier molecular flexibility index (Phi) is 1.38. The summed E-state index contributed by atoms with van der Waals surface area (Å²) < 4.78 is 2.19. The third-order valence-electron chi connectivity index (χ3n) is 3.55. The average molecular weight is 177 g/mol. The van der Waals surface area contributed by atoms with Crippen molar-refractivity contribution >= 4 is 0 Å². The van der Waals surface area contributed by atoms with Crippen molar-refractivity contribution in [3.8, 4) is 0 Å². The lowest BCUT2D eigenvalue weighted by atomic mass is 10.1. The van der Waals surface area contributed by atoms with Gasteiger partial charge in [0.15, 0.2) is 0 Å². The molecule has 3 heteroatoms. The summed E-state index contributed by atoms with van der Waals surface area (Å²) >= 11 is 0. The molecular formula is C10H15N3. The Labute approximate surface area is 77.9 Å². The zero-order chi connectivity index (χ0) is 9.00. The van der Waals surface area contributed by atoms with Gasteiger partial charge in [0.1, 0.15) is 0 Å². The molecule has 1 aromatic rings. The molecule has 2 fully saturated rings. The summed E-state index contributed by atoms with van der Waals surface area (Å²) in [5.41, 5.74) is 7.34. The van der Waals surface area contributed by atoms with Crippen molar-refractivity contribution < 1.29 is 0 Å². The Balaban J connectivity index is 1.91. The van der Waals surface area contributed by atoms with Crippen LogP contribution in [-0.4, -0.2) is 17.2 Å². The fraction of sp³-hybridized carbons (Fsp3) is 0.600. The maximum atomic E-state index is 5.97. The van der Waals surface area contributed by atoms with Gasteiger partial charge in [0.25, 0.3) is 0 Å². The first kappa shape index (κ1) is 7.59. The molecule has 0 spiro atoms. The highest BCUT2D eigenvalue weighted by atomic mass is 15.1. The molecule has 1 saturated carbocycles. The van der Waals surface area contributed by atoms with Gasteiger partial charge in [-0.3, -0.25) is 0 Å². The molecule has 70 valence electrons. The Hall–Kier alpha value is -0.800. The minimum absolute atomic E-state index is 0.446. The van der Waals surface area contributed by atoms with Gasteiger partial charge in [0.05, 0.1) is 6.04 Å². The molecule has 0 radical (unpaired) electrons. The summed E-state index contributed by atoms with van der Waals surface area (Å²) in [4.78, 5) is 0. The quantitative estimate of drug-likeness (QED) is 0.645. The molecule has 4 atom stereocenters. The van der Waals surface area contributed by atoms with Gasteiger partial charge in [0, 0.05) is 37.4 Å². The summed E-state index contributed by atoms with van der Waals surface area (Å²) in [5, 5.41) is 3.53. The molecule has 4 unspecified atom stereocenters. The highest BCUT2D eigenvalue weighted by Gasteiger charge is 2.56. The number of aromatic nitrogens is 1. The Morgan fingerprint density at radius 3 is 3.00 bits per heavy atom. The summed E-state index contributed by atoms with van der Waals surface area (Å²) in [6.07, 6.45) is 2.10. The first-order chi connectivity index (χ1) is 6.29. The van der Waals surface area contributed by atoms with Crippen LogP contribution in [0.4, 0.5) is 0 Å². The molecule has 3 N–H and O–H groups in total. The van der Waals surface area contributed by atoms with E-state index in [0.29, 0.717) is 18.0 Å². The number of fused-ring (bicyclic) bond motifs is 1. The zero-order valence-corrected chi connectivity index (χ0v) is 7.77. The van der Waals surface area contributed by atoms with Crippen molar-refractivity contribution in [2.24, 2.45) is 24.6 Å². The highest BCUT2D eigenvalue weighted by molar-refractivity contribution is 5.23. The van der Waals surface area contributed by atoms with Crippen LogP contribution in [0.5, 0.6) is 0 Å². The van der Waals surface area contributed by atoms with E-state index in [2.05, 4.69) is 35.3 Å². The maximum absolute atomic E-state index is 5.97. The van der Waals surface area contributed by atoms with Crippen LogP contribution in [-0.2, 0) is 7.05 Å². The zero-order valence-electron chi connectivity index (χ0n) is 7.77. The number of hydrogen-bond donors (Lipinski definition) is 2. The fourth-order valence-electron chi connectivity index (χ4n) is 2.67. The molecule has 2 heterocycles. The van der Waals surface area contributed by atoms with Crippen molar-refractivity contribution in [1.29, 1.82) is 0 Å². The molecule has 2 aliphatic rings. The van der Waals surface area contributed by atoms with Crippen LogP contribution in [0.3, 0.4) is 0 Å². The van der Waals surface area contributed by atoms with Gasteiger partial charge < -0.3 is 15.6 Å². The molecular weight excluding hydrogens is 162 g/mol. The van der Waals surface area contributed by atoms with Crippen molar-refractivity contribution in [2.45, 2.75) is 12.1 Å². The molecule has 1 aromatic heterocycles. The van der Waals surface area contributed by atoms with Gasteiger partial charge in [-0.1, -0.05) is 0 Å². The standard InChI is InChI=1S/C10H15N3/c1-13-4-2-3-7(13)10-8-6(5-12-10)9(8)11/h2-4,6,8-10,12H,5,11H2,1H3. The maximum Gasteiger partial charge on any atom is 0.0522 e. The Bertz CT molecular complexity index is 331. The third kappa shape index (κ3) is 0.914. The van der Waals surface area contributed by atoms with E-state index in [4.69, 9.17) is 5.73 Å². The van der Waals surface area contributed by atoms with Gasteiger partial charge in [0.2, 0.25) is 0 Å². The molecule has 13 heavy (non-hydrogen) atoms. The van der Waals surface area contributed by atoms with Gasteiger partial charge in [-0.2, -0.15) is 0 Å². The SMILES string of the molecule is Cn1cccc1C1NCC2C(N)C12. The van der Waals surface area contributed by atoms with Crippen LogP contribution in [0.1, 0.15) is 11.7 Å². The third-order valence-corrected chi connectivity index (χ3v) is 3.55. The normalized spacial score (nSPS) is 42.0. The number of nitrogens with two attached hydrogens (primary N) is 1. The van der Waals surface area contributed by atoms with Gasteiger partial charge in [-0.15, -0.1) is 0 Å². The second kappa shape index (κ2) is 2.36. The lowest BCUT2D eigenvalue weighted by molar-refractivity contribution is 0.510. The summed E-state index contributed by atoms with van der Waals surface area (Å²) in [7, 11) is 2.10. The average Bonchev–Trinajstić information content (AvgIpc) is 2.56. The lowest BCUT2D eigenvalue weighted by Gasteiger charge is -2.15. The van der Waals surface area contributed by atoms with E-state index in [0.717, 1.165) is 12.5 Å². The number of aryl methyl sites for hydroxylation is 1. The fourth-order valence-corrected chi connectivity index (χ4v) is 2.67. The minimum atomic E-state index is 0.446. The number of nitrogens with zero attached hydrogens (tertiary/aromatic N) is 1. The smallest absolute Gasteiger partial charge is 0.0522 e. The van der Waals surface area contributed by atoms with E-state index in [-0.39, 0.29) is 0 Å². The van der Waals surface area contributed by atoms with Crippen LogP contribution in [0.15, 0.2) is 18.3 Å². The van der Waals surface area contributed by atoms with E-state index < -0.39 is 0 Å². The monoisotopic (exact) mass is 177 g/mol. The second-order valence-corrected chi connectivity index (χ2v) is 4.25. The molecule has 1 saturated heterocycles. The molecule has 1 aliphatic heterocycles. The Morgan fingerprint density at radius 1 is 1.62 bits per heavy atom. The molecule has 0 bridgehead atoms. The number of nitrogens with one attached hydrogen (secondary N) is 1. The molecule has 1 aliphatic carbocycles. The summed E-state index contributed by atoms with van der Waals surface area (Å²) in [6.45, 7) is 1.10. The molecule has 0 amide bonds. The van der Waals surface area contributed by atoms with Crippen LogP contribution < -0.4 is 11.1 Å². The van der Waals surface area contributed by atoms with Gasteiger partial charge >= 0.3 is 0 Å². The molecule has 3 rings (SSSR count). The Morgan fingerprint density at radius 2 is 2.46 bits per heavy atom. The van der Waals surface area contributed by atoms with E-state index in [1.807, 2.05) is 0 Å². The van der Waals surface area contributed by atoms with Crippen molar-refractivity contribution in [3.63, 3.8) is 0 Å². The molecule has 0 aromatic carbocycles. The number of piperidine rings is 1. The van der Waals surface area contributed by atoms with Gasteiger partial charge in [-0.25, -0.2) is 0 Å². The van der Waals surface area contributed by atoms with Crippen molar-refractivity contribution in [3.05, 3.63) is 24.0 Å². The number of hydrogen-bond acceptors (Lipinski definition) is 2.